The van der Waals surface area contributed by atoms with Crippen LogP contribution in [-0.4, -0.2) is 37.0 Å². The van der Waals surface area contributed by atoms with Crippen LogP contribution in [0.4, 0.5) is 4.79 Å². The van der Waals surface area contributed by atoms with Gasteiger partial charge in [0.2, 0.25) is 0 Å². The Bertz CT molecular complexity index is 857. The molecular formula is C16H15N5O2. The Labute approximate surface area is 132 Å². The van der Waals surface area contributed by atoms with Crippen molar-refractivity contribution in [3.8, 4) is 5.69 Å². The van der Waals surface area contributed by atoms with Crippen molar-refractivity contribution in [1.82, 2.24) is 25.1 Å². The van der Waals surface area contributed by atoms with E-state index in [1.54, 1.807) is 36.3 Å². The molecule has 0 fully saturated rings. The Morgan fingerprint density at radius 2 is 2.09 bits per heavy atom. The molecule has 1 aromatic carbocycles. The van der Waals surface area contributed by atoms with Crippen molar-refractivity contribution in [2.45, 2.75) is 13.0 Å². The molecular weight excluding hydrogens is 294 g/mol. The van der Waals surface area contributed by atoms with Gasteiger partial charge in [-0.15, -0.1) is 0 Å². The SMILES string of the molecule is C[C@@H](/C=C/c1cccc2c1cnn2-c1cncnc1)NC(=O)O. The first kappa shape index (κ1) is 14.7. The number of aromatic nitrogens is 4. The number of carbonyl (C=O) groups is 1. The van der Waals surface area contributed by atoms with E-state index < -0.39 is 6.09 Å². The van der Waals surface area contributed by atoms with Crippen molar-refractivity contribution in [2.24, 2.45) is 0 Å². The molecule has 0 unspecified atom stereocenters. The van der Waals surface area contributed by atoms with Crippen LogP contribution in [-0.2, 0) is 0 Å². The van der Waals surface area contributed by atoms with Gasteiger partial charge in [-0.3, -0.25) is 0 Å². The van der Waals surface area contributed by atoms with Crippen LogP contribution in [0.5, 0.6) is 0 Å². The number of carboxylic acid groups (broad SMARTS) is 1. The molecule has 2 heterocycles. The van der Waals surface area contributed by atoms with Gasteiger partial charge in [-0.05, 0) is 18.6 Å². The summed E-state index contributed by atoms with van der Waals surface area (Å²) in [6.45, 7) is 1.77. The van der Waals surface area contributed by atoms with Crippen LogP contribution >= 0.6 is 0 Å². The summed E-state index contributed by atoms with van der Waals surface area (Å²) in [6.07, 6.45) is 9.28. The molecule has 0 aliphatic heterocycles. The maximum Gasteiger partial charge on any atom is 0.405 e. The van der Waals surface area contributed by atoms with Gasteiger partial charge in [0.25, 0.3) is 0 Å². The van der Waals surface area contributed by atoms with Crippen LogP contribution < -0.4 is 5.32 Å². The topological polar surface area (TPSA) is 92.9 Å². The standard InChI is InChI=1S/C16H15N5O2/c1-11(20-16(22)23)5-6-12-3-2-4-15-14(12)9-19-21(15)13-7-17-10-18-8-13/h2-11,20H,1H3,(H,22,23)/b6-5+/t11-/m0/s1. The van der Waals surface area contributed by atoms with E-state index in [9.17, 15) is 4.79 Å². The van der Waals surface area contributed by atoms with E-state index in [1.807, 2.05) is 24.3 Å². The van der Waals surface area contributed by atoms with Crippen molar-refractivity contribution >= 4 is 23.1 Å². The highest BCUT2D eigenvalue weighted by Gasteiger charge is 2.08. The summed E-state index contributed by atoms with van der Waals surface area (Å²) in [4.78, 5) is 18.6. The van der Waals surface area contributed by atoms with Crippen LogP contribution in [0.2, 0.25) is 0 Å². The van der Waals surface area contributed by atoms with Crippen molar-refractivity contribution < 1.29 is 9.90 Å². The van der Waals surface area contributed by atoms with E-state index in [0.29, 0.717) is 0 Å². The molecule has 1 amide bonds. The summed E-state index contributed by atoms with van der Waals surface area (Å²) >= 11 is 0. The van der Waals surface area contributed by atoms with Crippen molar-refractivity contribution in [1.29, 1.82) is 0 Å². The fourth-order valence-corrected chi connectivity index (χ4v) is 2.32. The summed E-state index contributed by atoms with van der Waals surface area (Å²) < 4.78 is 1.77. The highest BCUT2D eigenvalue weighted by Crippen LogP contribution is 2.22. The van der Waals surface area contributed by atoms with Crippen LogP contribution in [0, 0.1) is 0 Å². The number of hydrogen-bond donors (Lipinski definition) is 2. The van der Waals surface area contributed by atoms with Gasteiger partial charge in [0, 0.05) is 11.4 Å². The zero-order valence-corrected chi connectivity index (χ0v) is 12.4. The van der Waals surface area contributed by atoms with Gasteiger partial charge in [-0.2, -0.15) is 5.10 Å². The lowest BCUT2D eigenvalue weighted by Crippen LogP contribution is -2.29. The molecule has 7 heteroatoms. The van der Waals surface area contributed by atoms with Crippen LogP contribution in [0.25, 0.3) is 22.7 Å². The Kier molecular flexibility index (Phi) is 4.01. The third kappa shape index (κ3) is 3.18. The minimum atomic E-state index is -1.04. The minimum Gasteiger partial charge on any atom is -0.465 e. The summed E-state index contributed by atoms with van der Waals surface area (Å²) in [5.41, 5.74) is 2.68. The lowest BCUT2D eigenvalue weighted by atomic mass is 10.1. The van der Waals surface area contributed by atoms with E-state index in [4.69, 9.17) is 5.11 Å². The van der Waals surface area contributed by atoms with Crippen LogP contribution in [0.1, 0.15) is 12.5 Å². The molecule has 3 rings (SSSR count). The van der Waals surface area contributed by atoms with Crippen LogP contribution in [0.15, 0.2) is 49.2 Å². The average Bonchev–Trinajstić information content (AvgIpc) is 2.97. The van der Waals surface area contributed by atoms with Gasteiger partial charge < -0.3 is 10.4 Å². The number of benzene rings is 1. The summed E-state index contributed by atoms with van der Waals surface area (Å²) in [6, 6.07) is 5.57. The van der Waals surface area contributed by atoms with E-state index in [0.717, 1.165) is 22.2 Å². The zero-order valence-electron chi connectivity index (χ0n) is 12.4. The molecule has 2 N–H and O–H groups in total. The van der Waals surface area contributed by atoms with Gasteiger partial charge in [-0.1, -0.05) is 24.3 Å². The first-order valence-electron chi connectivity index (χ1n) is 7.05. The Hall–Kier alpha value is -3.22. The molecule has 0 aliphatic carbocycles. The Morgan fingerprint density at radius 1 is 1.30 bits per heavy atom. The van der Waals surface area contributed by atoms with Gasteiger partial charge in [0.05, 0.1) is 24.1 Å². The van der Waals surface area contributed by atoms with E-state index >= 15 is 0 Å². The monoisotopic (exact) mass is 309 g/mol. The zero-order chi connectivity index (χ0) is 16.2. The number of hydrogen-bond acceptors (Lipinski definition) is 4. The molecule has 3 aromatic rings. The molecule has 0 spiro atoms. The molecule has 0 bridgehead atoms. The summed E-state index contributed by atoms with van der Waals surface area (Å²) in [5.74, 6) is 0. The number of amides is 1. The summed E-state index contributed by atoms with van der Waals surface area (Å²) in [5, 5.41) is 16.5. The molecule has 0 aliphatic rings. The van der Waals surface area contributed by atoms with Crippen LogP contribution in [0.3, 0.4) is 0 Å². The normalized spacial score (nSPS) is 12.6. The Balaban J connectivity index is 1.96. The fourth-order valence-electron chi connectivity index (χ4n) is 2.32. The molecule has 0 saturated carbocycles. The minimum absolute atomic E-state index is 0.277. The second kappa shape index (κ2) is 6.27. The first-order chi connectivity index (χ1) is 11.1. The van der Waals surface area contributed by atoms with E-state index in [-0.39, 0.29) is 6.04 Å². The second-order valence-corrected chi connectivity index (χ2v) is 5.03. The van der Waals surface area contributed by atoms with Crippen molar-refractivity contribution in [2.75, 3.05) is 0 Å². The predicted octanol–water partition coefficient (Wildman–Crippen LogP) is 2.48. The van der Waals surface area contributed by atoms with Gasteiger partial charge in [0.15, 0.2) is 0 Å². The predicted molar refractivity (Wildman–Crippen MR) is 86.3 cm³/mol. The molecule has 0 radical (unpaired) electrons. The smallest absolute Gasteiger partial charge is 0.405 e. The second-order valence-electron chi connectivity index (χ2n) is 5.03. The molecule has 1 atom stereocenters. The molecule has 23 heavy (non-hydrogen) atoms. The third-order valence-corrected chi connectivity index (χ3v) is 3.35. The maximum atomic E-state index is 10.6. The molecule has 0 saturated heterocycles. The lowest BCUT2D eigenvalue weighted by molar-refractivity contribution is 0.193. The third-order valence-electron chi connectivity index (χ3n) is 3.35. The maximum absolute atomic E-state index is 10.6. The molecule has 7 nitrogen and oxygen atoms in total. The molecule has 2 aromatic heterocycles. The van der Waals surface area contributed by atoms with Crippen molar-refractivity contribution in [3.05, 3.63) is 54.8 Å². The van der Waals surface area contributed by atoms with Crippen molar-refractivity contribution in [3.63, 3.8) is 0 Å². The number of nitrogens with one attached hydrogen (secondary N) is 1. The van der Waals surface area contributed by atoms with Gasteiger partial charge in [0.1, 0.15) is 12.0 Å². The van der Waals surface area contributed by atoms with Gasteiger partial charge in [-0.25, -0.2) is 19.4 Å². The number of fused-ring (bicyclic) bond motifs is 1. The van der Waals surface area contributed by atoms with E-state index in [1.165, 1.54) is 6.33 Å². The molecule has 116 valence electrons. The quantitative estimate of drug-likeness (QED) is 0.772. The number of nitrogens with zero attached hydrogens (tertiary/aromatic N) is 4. The summed E-state index contributed by atoms with van der Waals surface area (Å²) in [7, 11) is 0. The average molecular weight is 309 g/mol. The fraction of sp³-hybridized carbons (Fsp3) is 0.125. The van der Waals surface area contributed by atoms with Gasteiger partial charge >= 0.3 is 6.09 Å². The van der Waals surface area contributed by atoms with E-state index in [2.05, 4.69) is 20.4 Å². The first-order valence-corrected chi connectivity index (χ1v) is 7.05. The highest BCUT2D eigenvalue weighted by atomic mass is 16.4. The highest BCUT2D eigenvalue weighted by molar-refractivity contribution is 5.89. The Morgan fingerprint density at radius 3 is 2.83 bits per heavy atom. The largest absolute Gasteiger partial charge is 0.465 e. The lowest BCUT2D eigenvalue weighted by Gasteiger charge is -2.05. The number of rotatable bonds is 4.